The largest absolute Gasteiger partial charge is 0.494 e. The summed E-state index contributed by atoms with van der Waals surface area (Å²) in [5, 5.41) is 9.85. The number of ether oxygens (including phenoxy) is 3. The number of aromatic nitrogens is 4. The topological polar surface area (TPSA) is 185 Å². The van der Waals surface area contributed by atoms with Crippen molar-refractivity contribution in [3.8, 4) is 5.75 Å². The molecule has 1 fully saturated rings. The van der Waals surface area contributed by atoms with E-state index >= 15 is 0 Å². The summed E-state index contributed by atoms with van der Waals surface area (Å²) in [5.41, 5.74) is 7.72. The van der Waals surface area contributed by atoms with Gasteiger partial charge < -0.3 is 34.7 Å². The van der Waals surface area contributed by atoms with Crippen LogP contribution >= 0.6 is 0 Å². The van der Waals surface area contributed by atoms with E-state index in [1.807, 2.05) is 6.92 Å². The Labute approximate surface area is 235 Å². The Balaban J connectivity index is 1.46. The molecule has 1 aliphatic heterocycles. The highest BCUT2D eigenvalue weighted by molar-refractivity contribution is 6.04. The van der Waals surface area contributed by atoms with Crippen LogP contribution in [0.1, 0.15) is 39.9 Å². The summed E-state index contributed by atoms with van der Waals surface area (Å²) >= 11 is 0. The molecule has 0 aliphatic carbocycles. The van der Waals surface area contributed by atoms with Gasteiger partial charge in [-0.15, -0.1) is 0 Å². The smallest absolute Gasteiger partial charge is 0.407 e. The predicted octanol–water partition coefficient (Wildman–Crippen LogP) is 0.896. The zero-order valence-corrected chi connectivity index (χ0v) is 23.3. The van der Waals surface area contributed by atoms with Gasteiger partial charge in [0.1, 0.15) is 30.2 Å². The number of benzene rings is 1. The molecule has 1 aliphatic rings. The molecule has 0 spiro atoms. The molecule has 3 heterocycles. The Morgan fingerprint density at radius 2 is 2.00 bits per heavy atom. The third-order valence-corrected chi connectivity index (χ3v) is 6.48. The average Bonchev–Trinajstić information content (AvgIpc) is 3.50. The monoisotopic (exact) mass is 570 g/mol. The number of imidazole rings is 1. The molecule has 4 rings (SSSR count). The molecule has 0 saturated carbocycles. The highest BCUT2D eigenvalue weighted by Gasteiger charge is 2.22. The zero-order valence-electron chi connectivity index (χ0n) is 23.3. The summed E-state index contributed by atoms with van der Waals surface area (Å²) in [6, 6.07) is 4.72. The number of carbonyl (C=O) groups is 4. The van der Waals surface area contributed by atoms with Crippen molar-refractivity contribution in [2.45, 2.75) is 33.4 Å². The van der Waals surface area contributed by atoms with Gasteiger partial charge in [0, 0.05) is 31.7 Å². The molecule has 15 nitrogen and oxygen atoms in total. The lowest BCUT2D eigenvalue weighted by molar-refractivity contribution is -0.143. The summed E-state index contributed by atoms with van der Waals surface area (Å²) in [6.45, 7) is 6.09. The fourth-order valence-electron chi connectivity index (χ4n) is 4.49. The quantitative estimate of drug-likeness (QED) is 0.266. The van der Waals surface area contributed by atoms with E-state index in [1.54, 1.807) is 27.1 Å². The molecular formula is C26H34N8O7. The molecule has 0 radical (unpaired) electrons. The molecule has 0 bridgehead atoms. The standard InChI is InChI=1S/C26H34N8O7/c1-4-34-19(12-16(2)31-34)24(37)30-25-29-18-13-17(23(27)36)14-20(39-3)22(18)33(25)7-5-6-28-26(38)41-11-9-32-8-10-40-15-21(32)35/h12-14H,4-11,15H2,1-3H3,(H2,27,36)(H,28,38)(H,29,30,37). The summed E-state index contributed by atoms with van der Waals surface area (Å²) in [5.74, 6) is -0.608. The summed E-state index contributed by atoms with van der Waals surface area (Å²) in [4.78, 5) is 55.1. The van der Waals surface area contributed by atoms with E-state index in [1.165, 1.54) is 19.2 Å². The predicted molar refractivity (Wildman–Crippen MR) is 147 cm³/mol. The SMILES string of the molecule is CCn1nc(C)cc1C(=O)Nc1nc2cc(C(N)=O)cc(OC)c2n1CCCNC(=O)OCCN1CCOCC1=O. The minimum absolute atomic E-state index is 0.0358. The van der Waals surface area contributed by atoms with Crippen molar-refractivity contribution in [1.29, 1.82) is 0 Å². The molecular weight excluding hydrogens is 536 g/mol. The lowest BCUT2D eigenvalue weighted by Crippen LogP contribution is -2.43. The Kier molecular flexibility index (Phi) is 9.39. The van der Waals surface area contributed by atoms with Crippen LogP contribution in [0.5, 0.6) is 5.75 Å². The van der Waals surface area contributed by atoms with Crippen LogP contribution in [0.3, 0.4) is 0 Å². The highest BCUT2D eigenvalue weighted by Crippen LogP contribution is 2.31. The van der Waals surface area contributed by atoms with Crippen LogP contribution in [-0.2, 0) is 27.4 Å². The maximum absolute atomic E-state index is 13.2. The van der Waals surface area contributed by atoms with Crippen LogP contribution in [-0.4, -0.2) is 94.6 Å². The molecule has 1 saturated heterocycles. The third kappa shape index (κ3) is 6.92. The maximum atomic E-state index is 13.2. The number of morpholine rings is 1. The second kappa shape index (κ2) is 13.1. The van der Waals surface area contributed by atoms with Gasteiger partial charge in [-0.1, -0.05) is 0 Å². The Morgan fingerprint density at radius 1 is 1.20 bits per heavy atom. The van der Waals surface area contributed by atoms with Crippen molar-refractivity contribution in [3.05, 3.63) is 35.2 Å². The summed E-state index contributed by atoms with van der Waals surface area (Å²) in [7, 11) is 1.46. The molecule has 4 N–H and O–H groups in total. The van der Waals surface area contributed by atoms with Crippen molar-refractivity contribution in [3.63, 3.8) is 0 Å². The molecule has 2 aromatic heterocycles. The molecule has 15 heteroatoms. The fraction of sp³-hybridized carbons (Fsp3) is 0.462. The summed E-state index contributed by atoms with van der Waals surface area (Å²) < 4.78 is 19.1. The molecule has 0 unspecified atom stereocenters. The van der Waals surface area contributed by atoms with Crippen LogP contribution in [0.25, 0.3) is 11.0 Å². The van der Waals surface area contributed by atoms with Crippen LogP contribution in [0.2, 0.25) is 0 Å². The normalized spacial score (nSPS) is 13.3. The number of carbonyl (C=O) groups excluding carboxylic acids is 4. The van der Waals surface area contributed by atoms with Crippen LogP contribution < -0.4 is 21.1 Å². The Bertz CT molecular complexity index is 1450. The number of fused-ring (bicyclic) bond motifs is 1. The number of nitrogens with zero attached hydrogens (tertiary/aromatic N) is 5. The first-order chi connectivity index (χ1) is 19.7. The number of aryl methyl sites for hydroxylation is 3. The van der Waals surface area contributed by atoms with Gasteiger partial charge in [-0.05, 0) is 38.5 Å². The third-order valence-electron chi connectivity index (χ3n) is 6.48. The zero-order chi connectivity index (χ0) is 29.5. The number of amides is 4. The molecule has 4 amide bonds. The number of nitrogens with one attached hydrogen (secondary N) is 2. The lowest BCUT2D eigenvalue weighted by Gasteiger charge is -2.26. The molecule has 3 aromatic rings. The van der Waals surface area contributed by atoms with Crippen LogP contribution in [0.15, 0.2) is 18.2 Å². The number of primary amides is 1. The van der Waals surface area contributed by atoms with Crippen LogP contribution in [0, 0.1) is 6.92 Å². The van der Waals surface area contributed by atoms with Crippen molar-refractivity contribution in [2.24, 2.45) is 5.73 Å². The van der Waals surface area contributed by atoms with Gasteiger partial charge in [-0.25, -0.2) is 9.78 Å². The minimum Gasteiger partial charge on any atom is -0.494 e. The Hall–Kier alpha value is -4.66. The second-order valence-corrected chi connectivity index (χ2v) is 9.29. The first kappa shape index (κ1) is 29.3. The van der Waals surface area contributed by atoms with Gasteiger partial charge >= 0.3 is 6.09 Å². The van der Waals surface area contributed by atoms with Gasteiger partial charge in [-0.2, -0.15) is 5.10 Å². The van der Waals surface area contributed by atoms with E-state index in [9.17, 15) is 19.2 Å². The molecule has 1 aromatic carbocycles. The summed E-state index contributed by atoms with van der Waals surface area (Å²) in [6.07, 6.45) is -0.167. The van der Waals surface area contributed by atoms with E-state index in [0.29, 0.717) is 67.4 Å². The first-order valence-electron chi connectivity index (χ1n) is 13.2. The van der Waals surface area contributed by atoms with Crippen molar-refractivity contribution >= 4 is 40.8 Å². The first-order valence-corrected chi connectivity index (χ1v) is 13.2. The van der Waals surface area contributed by atoms with Gasteiger partial charge in [0.2, 0.25) is 17.8 Å². The number of rotatable bonds is 12. The number of hydrogen-bond donors (Lipinski definition) is 3. The average molecular weight is 571 g/mol. The fourth-order valence-corrected chi connectivity index (χ4v) is 4.49. The van der Waals surface area contributed by atoms with Gasteiger partial charge in [0.05, 0.1) is 31.5 Å². The minimum atomic E-state index is -0.645. The van der Waals surface area contributed by atoms with E-state index in [4.69, 9.17) is 19.9 Å². The van der Waals surface area contributed by atoms with Crippen molar-refractivity contribution < 1.29 is 33.4 Å². The van der Waals surface area contributed by atoms with E-state index in [0.717, 1.165) is 0 Å². The molecule has 41 heavy (non-hydrogen) atoms. The number of hydrogen-bond acceptors (Lipinski definition) is 9. The number of anilines is 1. The second-order valence-electron chi connectivity index (χ2n) is 9.29. The molecule has 0 atom stereocenters. The van der Waals surface area contributed by atoms with Gasteiger partial charge in [-0.3, -0.25) is 24.4 Å². The number of nitrogens with two attached hydrogens (primary N) is 1. The molecule has 220 valence electrons. The van der Waals surface area contributed by atoms with Crippen LogP contribution in [0.4, 0.5) is 10.7 Å². The van der Waals surface area contributed by atoms with Crippen molar-refractivity contribution in [2.75, 3.05) is 51.9 Å². The van der Waals surface area contributed by atoms with E-state index < -0.39 is 17.9 Å². The lowest BCUT2D eigenvalue weighted by atomic mass is 10.1. The van der Waals surface area contributed by atoms with Gasteiger partial charge in [0.25, 0.3) is 5.91 Å². The Morgan fingerprint density at radius 3 is 2.71 bits per heavy atom. The van der Waals surface area contributed by atoms with Crippen molar-refractivity contribution in [1.82, 2.24) is 29.5 Å². The van der Waals surface area contributed by atoms with Gasteiger partial charge in [0.15, 0.2) is 0 Å². The number of methoxy groups -OCH3 is 1. The van der Waals surface area contributed by atoms with E-state index in [-0.39, 0.29) is 37.2 Å². The van der Waals surface area contributed by atoms with E-state index in [2.05, 4.69) is 20.7 Å². The highest BCUT2D eigenvalue weighted by atomic mass is 16.5. The number of alkyl carbamates (subject to hydrolysis) is 1. The maximum Gasteiger partial charge on any atom is 0.407 e.